The highest BCUT2D eigenvalue weighted by Crippen LogP contribution is 2.50. The monoisotopic (exact) mass is 688 g/mol. The fourth-order valence-electron chi connectivity index (χ4n) is 6.79. The van der Waals surface area contributed by atoms with Gasteiger partial charge in [0.15, 0.2) is 11.5 Å². The van der Waals surface area contributed by atoms with E-state index in [2.05, 4.69) is 37.6 Å². The number of hydrogen-bond acceptors (Lipinski definition) is 7. The van der Waals surface area contributed by atoms with E-state index in [0.717, 1.165) is 49.7 Å². The van der Waals surface area contributed by atoms with Crippen molar-refractivity contribution in [3.63, 3.8) is 0 Å². The Labute approximate surface area is 275 Å². The zero-order valence-corrected chi connectivity index (χ0v) is 28.1. The minimum atomic E-state index is -0.661. The highest BCUT2D eigenvalue weighted by atomic mass is 79.9. The van der Waals surface area contributed by atoms with Crippen LogP contribution in [0.4, 0.5) is 5.69 Å². The van der Waals surface area contributed by atoms with E-state index in [1.165, 1.54) is 6.92 Å². The smallest absolute Gasteiger partial charge is 0.245 e. The van der Waals surface area contributed by atoms with Crippen LogP contribution >= 0.6 is 15.9 Å². The molecule has 1 aromatic heterocycles. The van der Waals surface area contributed by atoms with Gasteiger partial charge in [-0.1, -0.05) is 18.2 Å². The van der Waals surface area contributed by atoms with E-state index in [4.69, 9.17) is 14.2 Å². The molecule has 2 aliphatic rings. The molecule has 11 heteroatoms. The molecule has 2 amide bonds. The summed E-state index contributed by atoms with van der Waals surface area (Å²) in [6.45, 7) is 4.29. The van der Waals surface area contributed by atoms with Crippen molar-refractivity contribution in [3.8, 4) is 28.4 Å². The SMILES string of the molecule is COc1cc2c(c(OC)c1OC)-c1ccc(N[C@@H](C)C(=O)N3CCc4[nH]c5c(Br)cccc5c4C3)c(=O)cc1[C@@H](NC(C)=O)CC2. The Morgan fingerprint density at radius 2 is 1.83 bits per heavy atom. The number of aromatic amines is 1. The summed E-state index contributed by atoms with van der Waals surface area (Å²) in [4.78, 5) is 45.1. The number of ether oxygens (including phenoxy) is 3. The van der Waals surface area contributed by atoms with Crippen LogP contribution in [0, 0.1) is 0 Å². The molecule has 0 saturated carbocycles. The molecule has 0 bridgehead atoms. The van der Waals surface area contributed by atoms with Gasteiger partial charge >= 0.3 is 0 Å². The predicted molar refractivity (Wildman–Crippen MR) is 181 cm³/mol. The van der Waals surface area contributed by atoms with Crippen molar-refractivity contribution < 1.29 is 23.8 Å². The highest BCUT2D eigenvalue weighted by molar-refractivity contribution is 9.10. The molecule has 6 rings (SSSR count). The van der Waals surface area contributed by atoms with E-state index >= 15 is 0 Å². The van der Waals surface area contributed by atoms with Crippen LogP contribution in [0.3, 0.4) is 0 Å². The van der Waals surface area contributed by atoms with Gasteiger partial charge in [0, 0.05) is 53.1 Å². The predicted octanol–water partition coefficient (Wildman–Crippen LogP) is 5.49. The molecule has 46 heavy (non-hydrogen) atoms. The molecule has 10 nitrogen and oxygen atoms in total. The molecule has 0 fully saturated rings. The molecule has 0 spiro atoms. The van der Waals surface area contributed by atoms with E-state index in [1.807, 2.05) is 29.2 Å². The van der Waals surface area contributed by atoms with Gasteiger partial charge < -0.3 is 34.7 Å². The van der Waals surface area contributed by atoms with Crippen molar-refractivity contribution in [2.45, 2.75) is 51.7 Å². The average molecular weight is 690 g/mol. The van der Waals surface area contributed by atoms with Crippen molar-refractivity contribution in [3.05, 3.63) is 79.5 Å². The fraction of sp³-hybridized carbons (Fsp3) is 0.343. The Kier molecular flexibility index (Phi) is 8.69. The van der Waals surface area contributed by atoms with E-state index in [0.29, 0.717) is 48.7 Å². The summed E-state index contributed by atoms with van der Waals surface area (Å²) in [5, 5.41) is 7.32. The second-order valence-electron chi connectivity index (χ2n) is 11.7. The van der Waals surface area contributed by atoms with Crippen LogP contribution in [-0.2, 0) is 29.0 Å². The minimum Gasteiger partial charge on any atom is -0.493 e. The molecule has 0 radical (unpaired) electrons. The molecule has 3 aromatic carbocycles. The second-order valence-corrected chi connectivity index (χ2v) is 12.6. The molecule has 1 aliphatic carbocycles. The summed E-state index contributed by atoms with van der Waals surface area (Å²) in [5.41, 5.74) is 6.37. The molecule has 2 heterocycles. The molecule has 0 unspecified atom stereocenters. The Balaban J connectivity index is 1.36. The normalized spacial score (nSPS) is 16.0. The first kappa shape index (κ1) is 31.5. The van der Waals surface area contributed by atoms with Crippen molar-refractivity contribution in [1.29, 1.82) is 0 Å². The van der Waals surface area contributed by atoms with Gasteiger partial charge in [-0.05, 0) is 76.7 Å². The quantitative estimate of drug-likeness (QED) is 0.235. The van der Waals surface area contributed by atoms with Crippen LogP contribution in [0.15, 0.2) is 51.7 Å². The zero-order chi connectivity index (χ0) is 32.7. The summed E-state index contributed by atoms with van der Waals surface area (Å²) in [6, 6.07) is 12.0. The maximum atomic E-state index is 13.8. The van der Waals surface area contributed by atoms with Gasteiger partial charge in [0.05, 0.1) is 38.6 Å². The lowest BCUT2D eigenvalue weighted by molar-refractivity contribution is -0.132. The minimum absolute atomic E-state index is 0.0950. The van der Waals surface area contributed by atoms with E-state index in [1.54, 1.807) is 40.4 Å². The number of nitrogens with one attached hydrogen (secondary N) is 3. The van der Waals surface area contributed by atoms with Gasteiger partial charge in [-0.3, -0.25) is 14.4 Å². The summed E-state index contributed by atoms with van der Waals surface area (Å²) >= 11 is 3.62. The van der Waals surface area contributed by atoms with Crippen LogP contribution in [0.5, 0.6) is 17.2 Å². The standard InChI is InChI=1S/C35H37BrN4O6/c1-18(35(43)40-14-13-27-24(17-40)22-7-6-8-25(36)32(22)39-27)37-28-12-10-21-23(16-29(28)42)26(38-19(2)41)11-9-20-15-30(44-3)33(45-4)34(46-5)31(20)21/h6-8,10,12,15-16,18,26,39H,9,11,13-14,17H2,1-5H3,(H,37,42)(H,38,41)/t18-,26-/m0/s1. The molecule has 1 aliphatic heterocycles. The fourth-order valence-corrected chi connectivity index (χ4v) is 7.25. The number of aromatic nitrogens is 1. The van der Waals surface area contributed by atoms with Gasteiger partial charge in [0.25, 0.3) is 0 Å². The van der Waals surface area contributed by atoms with Gasteiger partial charge in [-0.15, -0.1) is 0 Å². The molecule has 0 saturated heterocycles. The Morgan fingerprint density at radius 1 is 1.04 bits per heavy atom. The number of carbonyl (C=O) groups is 2. The lowest BCUT2D eigenvalue weighted by Crippen LogP contribution is -2.44. The Morgan fingerprint density at radius 3 is 2.54 bits per heavy atom. The van der Waals surface area contributed by atoms with Gasteiger partial charge in [0.1, 0.15) is 6.04 Å². The van der Waals surface area contributed by atoms with Crippen molar-refractivity contribution in [1.82, 2.24) is 15.2 Å². The summed E-state index contributed by atoms with van der Waals surface area (Å²) in [5.74, 6) is 1.15. The number of anilines is 1. The molecular weight excluding hydrogens is 652 g/mol. The van der Waals surface area contributed by atoms with Gasteiger partial charge in [-0.25, -0.2) is 0 Å². The number of para-hydroxylation sites is 1. The van der Waals surface area contributed by atoms with Gasteiger partial charge in [0.2, 0.25) is 23.0 Å². The third-order valence-corrected chi connectivity index (χ3v) is 9.59. The molecule has 2 atom stereocenters. The van der Waals surface area contributed by atoms with Crippen LogP contribution in [-0.4, -0.2) is 55.6 Å². The number of aryl methyl sites for hydroxylation is 1. The number of amides is 2. The number of benzene rings is 2. The Bertz CT molecular complexity index is 1920. The highest BCUT2D eigenvalue weighted by Gasteiger charge is 2.31. The van der Waals surface area contributed by atoms with Crippen LogP contribution in [0.2, 0.25) is 0 Å². The van der Waals surface area contributed by atoms with Crippen LogP contribution < -0.4 is 30.3 Å². The van der Waals surface area contributed by atoms with E-state index < -0.39 is 12.1 Å². The number of hydrogen-bond donors (Lipinski definition) is 3. The van der Waals surface area contributed by atoms with Crippen LogP contribution in [0.25, 0.3) is 22.0 Å². The third kappa shape index (κ3) is 5.57. The van der Waals surface area contributed by atoms with Gasteiger partial charge in [-0.2, -0.15) is 0 Å². The largest absolute Gasteiger partial charge is 0.493 e. The topological polar surface area (TPSA) is 122 Å². The summed E-state index contributed by atoms with van der Waals surface area (Å²) in [7, 11) is 4.68. The maximum Gasteiger partial charge on any atom is 0.245 e. The zero-order valence-electron chi connectivity index (χ0n) is 26.5. The number of halogens is 1. The molecular formula is C35H37BrN4O6. The van der Waals surface area contributed by atoms with Crippen molar-refractivity contribution >= 4 is 44.3 Å². The summed E-state index contributed by atoms with van der Waals surface area (Å²) in [6.07, 6.45) is 1.88. The first-order valence-corrected chi connectivity index (χ1v) is 16.0. The first-order valence-electron chi connectivity index (χ1n) is 15.3. The van der Waals surface area contributed by atoms with E-state index in [9.17, 15) is 14.4 Å². The number of carbonyl (C=O) groups excluding carboxylic acids is 2. The summed E-state index contributed by atoms with van der Waals surface area (Å²) < 4.78 is 18.2. The van der Waals surface area contributed by atoms with Crippen molar-refractivity contribution in [2.24, 2.45) is 0 Å². The Hall–Kier alpha value is -4.51. The maximum absolute atomic E-state index is 13.8. The average Bonchev–Trinajstić information content (AvgIpc) is 3.27. The third-order valence-electron chi connectivity index (χ3n) is 8.93. The number of H-pyrrole nitrogens is 1. The van der Waals surface area contributed by atoms with Crippen molar-refractivity contribution in [2.75, 3.05) is 33.2 Å². The molecule has 4 aromatic rings. The lowest BCUT2D eigenvalue weighted by Gasteiger charge is -2.30. The number of fused-ring (bicyclic) bond motifs is 6. The number of nitrogens with zero attached hydrogens (tertiary/aromatic N) is 1. The molecule has 3 N–H and O–H groups in total. The van der Waals surface area contributed by atoms with Crippen LogP contribution in [0.1, 0.15) is 48.7 Å². The first-order chi connectivity index (χ1) is 22.1. The molecule has 240 valence electrons. The lowest BCUT2D eigenvalue weighted by atomic mass is 9.95. The number of methoxy groups -OCH3 is 3. The second kappa shape index (κ2) is 12.7. The van der Waals surface area contributed by atoms with E-state index in [-0.39, 0.29) is 22.9 Å². The number of rotatable bonds is 7.